The molecular weight excluding hydrogens is 128 g/mol. The van der Waals surface area contributed by atoms with Crippen LogP contribution in [0.2, 0.25) is 0 Å². The number of carbonyl (C=O) groups is 1. The van der Waals surface area contributed by atoms with Crippen molar-refractivity contribution in [2.45, 2.75) is 20.3 Å². The summed E-state index contributed by atoms with van der Waals surface area (Å²) in [5.41, 5.74) is 0. The Morgan fingerprint density at radius 1 is 1.60 bits per heavy atom. The highest BCUT2D eigenvalue weighted by molar-refractivity contribution is 5.73. The third-order valence-electron chi connectivity index (χ3n) is 1.17. The van der Waals surface area contributed by atoms with Gasteiger partial charge >= 0.3 is 6.03 Å². The van der Waals surface area contributed by atoms with Crippen LogP contribution in [0.15, 0.2) is 0 Å². The van der Waals surface area contributed by atoms with Gasteiger partial charge in [-0.25, -0.2) is 4.79 Å². The van der Waals surface area contributed by atoms with Gasteiger partial charge in [0.25, 0.3) is 0 Å². The van der Waals surface area contributed by atoms with E-state index in [2.05, 4.69) is 31.5 Å². The van der Waals surface area contributed by atoms with Crippen LogP contribution in [-0.2, 0) is 0 Å². The highest BCUT2D eigenvalue weighted by Crippen LogP contribution is 1.95. The minimum Gasteiger partial charge on any atom is -0.338 e. The Morgan fingerprint density at radius 3 is 2.60 bits per heavy atom. The molecule has 0 aromatic carbocycles. The lowest BCUT2D eigenvalue weighted by molar-refractivity contribution is 0.243. The SMILES string of the molecule is [CH2]NC(=O)NCCC(C)C. The maximum absolute atomic E-state index is 10.5. The lowest BCUT2D eigenvalue weighted by Crippen LogP contribution is -2.32. The van der Waals surface area contributed by atoms with E-state index < -0.39 is 0 Å². The third-order valence-corrected chi connectivity index (χ3v) is 1.17. The number of rotatable bonds is 3. The highest BCUT2D eigenvalue weighted by Gasteiger charge is 1.95. The second kappa shape index (κ2) is 5.09. The van der Waals surface area contributed by atoms with Crippen molar-refractivity contribution in [2.75, 3.05) is 6.54 Å². The zero-order valence-electron chi connectivity index (χ0n) is 6.61. The number of nitrogens with one attached hydrogen (secondary N) is 2. The van der Waals surface area contributed by atoms with E-state index in [1.165, 1.54) is 0 Å². The van der Waals surface area contributed by atoms with E-state index in [9.17, 15) is 4.79 Å². The first kappa shape index (κ1) is 9.27. The molecule has 0 spiro atoms. The molecule has 0 rings (SSSR count). The highest BCUT2D eigenvalue weighted by atomic mass is 16.2. The molecule has 0 aromatic rings. The van der Waals surface area contributed by atoms with Gasteiger partial charge in [0.1, 0.15) is 0 Å². The van der Waals surface area contributed by atoms with E-state index in [-0.39, 0.29) is 6.03 Å². The summed E-state index contributed by atoms with van der Waals surface area (Å²) in [4.78, 5) is 10.5. The zero-order chi connectivity index (χ0) is 7.98. The third kappa shape index (κ3) is 5.41. The van der Waals surface area contributed by atoms with Crippen molar-refractivity contribution in [3.05, 3.63) is 7.05 Å². The molecule has 0 bridgehead atoms. The van der Waals surface area contributed by atoms with E-state index in [4.69, 9.17) is 0 Å². The van der Waals surface area contributed by atoms with E-state index in [1.807, 2.05) is 0 Å². The number of urea groups is 1. The Bertz CT molecular complexity index is 102. The Balaban J connectivity index is 3.12. The van der Waals surface area contributed by atoms with Gasteiger partial charge in [-0.1, -0.05) is 13.8 Å². The van der Waals surface area contributed by atoms with Crippen molar-refractivity contribution in [3.63, 3.8) is 0 Å². The average molecular weight is 143 g/mol. The van der Waals surface area contributed by atoms with Gasteiger partial charge in [0, 0.05) is 13.6 Å². The van der Waals surface area contributed by atoms with Crippen molar-refractivity contribution in [3.8, 4) is 0 Å². The molecule has 2 amide bonds. The smallest absolute Gasteiger partial charge is 0.314 e. The predicted molar refractivity (Wildman–Crippen MR) is 41.3 cm³/mol. The van der Waals surface area contributed by atoms with Crippen molar-refractivity contribution >= 4 is 6.03 Å². The molecule has 0 aromatic heterocycles. The van der Waals surface area contributed by atoms with E-state index >= 15 is 0 Å². The Labute approximate surface area is 62.2 Å². The summed E-state index contributed by atoms with van der Waals surface area (Å²) in [6, 6.07) is -0.208. The zero-order valence-corrected chi connectivity index (χ0v) is 6.61. The maximum atomic E-state index is 10.5. The van der Waals surface area contributed by atoms with Gasteiger partial charge in [0.2, 0.25) is 0 Å². The molecule has 3 nitrogen and oxygen atoms in total. The van der Waals surface area contributed by atoms with Gasteiger partial charge in [-0.05, 0) is 12.3 Å². The second-order valence-corrected chi connectivity index (χ2v) is 2.62. The van der Waals surface area contributed by atoms with Crippen molar-refractivity contribution < 1.29 is 4.79 Å². The second-order valence-electron chi connectivity index (χ2n) is 2.62. The molecule has 0 aliphatic carbocycles. The van der Waals surface area contributed by atoms with E-state index in [0.717, 1.165) is 13.0 Å². The molecule has 2 N–H and O–H groups in total. The number of carbonyl (C=O) groups excluding carboxylic acids is 1. The normalized spacial score (nSPS) is 9.60. The average Bonchev–Trinajstić information content (AvgIpc) is 1.87. The summed E-state index contributed by atoms with van der Waals surface area (Å²) in [5, 5.41) is 4.89. The van der Waals surface area contributed by atoms with Crippen LogP contribution in [0.4, 0.5) is 4.79 Å². The molecule has 59 valence electrons. The molecule has 0 saturated carbocycles. The molecule has 0 fully saturated rings. The number of amides is 2. The molecule has 0 aliphatic heterocycles. The maximum Gasteiger partial charge on any atom is 0.314 e. The number of hydrogen-bond donors (Lipinski definition) is 2. The van der Waals surface area contributed by atoms with Crippen molar-refractivity contribution in [1.29, 1.82) is 0 Å². The summed E-state index contributed by atoms with van der Waals surface area (Å²) in [6.07, 6.45) is 1.01. The minimum absolute atomic E-state index is 0.208. The lowest BCUT2D eigenvalue weighted by atomic mass is 10.1. The minimum atomic E-state index is -0.208. The Hall–Kier alpha value is -0.730. The van der Waals surface area contributed by atoms with Gasteiger partial charge in [0.15, 0.2) is 0 Å². The van der Waals surface area contributed by atoms with E-state index in [0.29, 0.717) is 5.92 Å². The van der Waals surface area contributed by atoms with Gasteiger partial charge in [-0.3, -0.25) is 0 Å². The van der Waals surface area contributed by atoms with Crippen LogP contribution in [0.25, 0.3) is 0 Å². The van der Waals surface area contributed by atoms with Gasteiger partial charge in [-0.15, -0.1) is 0 Å². The molecule has 1 radical (unpaired) electrons. The topological polar surface area (TPSA) is 41.1 Å². The van der Waals surface area contributed by atoms with Crippen LogP contribution in [0.5, 0.6) is 0 Å². The van der Waals surface area contributed by atoms with Crippen LogP contribution >= 0.6 is 0 Å². The van der Waals surface area contributed by atoms with Gasteiger partial charge in [-0.2, -0.15) is 0 Å². The molecule has 0 aliphatic rings. The first-order valence-corrected chi connectivity index (χ1v) is 3.47. The predicted octanol–water partition coefficient (Wildman–Crippen LogP) is 1.12. The molecular formula is C7H15N2O. The fourth-order valence-electron chi connectivity index (χ4n) is 0.537. The van der Waals surface area contributed by atoms with E-state index in [1.54, 1.807) is 0 Å². The Morgan fingerprint density at radius 2 is 2.20 bits per heavy atom. The molecule has 0 unspecified atom stereocenters. The standard InChI is InChI=1S/C7H15N2O/c1-6(2)4-5-9-7(10)8-3/h6H,3-5H2,1-2H3,(H2,8,9,10). The molecule has 3 heteroatoms. The largest absolute Gasteiger partial charge is 0.338 e. The molecule has 0 saturated heterocycles. The first-order chi connectivity index (χ1) is 4.66. The molecule has 0 atom stereocenters. The molecule has 10 heavy (non-hydrogen) atoms. The molecule has 0 heterocycles. The monoisotopic (exact) mass is 143 g/mol. The summed E-state index contributed by atoms with van der Waals surface area (Å²) in [5.74, 6) is 0.630. The summed E-state index contributed by atoms with van der Waals surface area (Å²) in [6.45, 7) is 4.95. The summed E-state index contributed by atoms with van der Waals surface area (Å²) in [7, 11) is 3.22. The summed E-state index contributed by atoms with van der Waals surface area (Å²) < 4.78 is 0. The van der Waals surface area contributed by atoms with Crippen LogP contribution < -0.4 is 10.6 Å². The summed E-state index contributed by atoms with van der Waals surface area (Å²) >= 11 is 0. The Kier molecular flexibility index (Phi) is 4.72. The lowest BCUT2D eigenvalue weighted by Gasteiger charge is -2.05. The van der Waals surface area contributed by atoms with Crippen molar-refractivity contribution in [2.24, 2.45) is 5.92 Å². The van der Waals surface area contributed by atoms with Gasteiger partial charge in [0.05, 0.1) is 0 Å². The number of hydrogen-bond acceptors (Lipinski definition) is 1. The fraction of sp³-hybridized carbons (Fsp3) is 0.714. The van der Waals surface area contributed by atoms with Crippen molar-refractivity contribution in [1.82, 2.24) is 10.6 Å². The van der Waals surface area contributed by atoms with Crippen LogP contribution in [-0.4, -0.2) is 12.6 Å². The first-order valence-electron chi connectivity index (χ1n) is 3.47. The quantitative estimate of drug-likeness (QED) is 0.610. The van der Waals surface area contributed by atoms with Crippen LogP contribution in [0, 0.1) is 13.0 Å². The van der Waals surface area contributed by atoms with Gasteiger partial charge < -0.3 is 10.6 Å². The fourth-order valence-corrected chi connectivity index (χ4v) is 0.537. The van der Waals surface area contributed by atoms with Crippen LogP contribution in [0.1, 0.15) is 20.3 Å². The van der Waals surface area contributed by atoms with Crippen LogP contribution in [0.3, 0.4) is 0 Å².